The van der Waals surface area contributed by atoms with Crippen LogP contribution in [0.3, 0.4) is 0 Å². The number of carbonyl (C=O) groups excluding carboxylic acids is 2. The van der Waals surface area contributed by atoms with Crippen molar-refractivity contribution in [3.8, 4) is 0 Å². The number of carbonyl (C=O) groups is 2. The molecule has 1 aromatic rings. The Morgan fingerprint density at radius 2 is 2.16 bits per heavy atom. The topological polar surface area (TPSA) is 65.7 Å². The zero-order valence-corrected chi connectivity index (χ0v) is 15.1. The van der Waals surface area contributed by atoms with Crippen LogP contribution in [0.25, 0.3) is 0 Å². The second kappa shape index (κ2) is 5.48. The maximum atomic E-state index is 12.8. The summed E-state index contributed by atoms with van der Waals surface area (Å²) in [5.74, 6) is 0.235. The largest absolute Gasteiger partial charge is 0.469 e. The fourth-order valence-electron chi connectivity index (χ4n) is 5.01. The monoisotopic (exact) mass is 344 g/mol. The molecule has 1 saturated carbocycles. The molecule has 5 nitrogen and oxygen atoms in total. The number of allylic oxidation sites excluding steroid dienone is 1. The molecule has 2 aliphatic carbocycles. The molecule has 0 radical (unpaired) electrons. The van der Waals surface area contributed by atoms with Crippen molar-refractivity contribution < 1.29 is 23.5 Å². The molecule has 5 atom stereocenters. The average molecular weight is 344 g/mol. The number of hydrogen-bond acceptors (Lipinski definition) is 5. The summed E-state index contributed by atoms with van der Waals surface area (Å²) in [4.78, 5) is 25.0. The molecule has 0 bridgehead atoms. The van der Waals surface area contributed by atoms with Crippen molar-refractivity contribution in [3.63, 3.8) is 0 Å². The van der Waals surface area contributed by atoms with Crippen LogP contribution in [-0.2, 0) is 25.5 Å². The van der Waals surface area contributed by atoms with Gasteiger partial charge in [0, 0.05) is 23.0 Å². The maximum Gasteiger partial charge on any atom is 0.333 e. The van der Waals surface area contributed by atoms with Crippen molar-refractivity contribution in [1.29, 1.82) is 0 Å². The second-order valence-electron chi connectivity index (χ2n) is 7.81. The molecule has 0 aromatic carbocycles. The minimum Gasteiger partial charge on any atom is -0.469 e. The summed E-state index contributed by atoms with van der Waals surface area (Å²) in [6, 6.07) is 0. The predicted molar refractivity (Wildman–Crippen MR) is 89.6 cm³/mol. The average Bonchev–Trinajstić information content (AvgIpc) is 3.07. The Kier molecular flexibility index (Phi) is 3.60. The fourth-order valence-corrected chi connectivity index (χ4v) is 5.01. The highest BCUT2D eigenvalue weighted by molar-refractivity contribution is 5.88. The molecule has 1 aliphatic heterocycles. The Bertz CT molecular complexity index is 773. The third kappa shape index (κ3) is 2.14. The Morgan fingerprint density at radius 1 is 1.40 bits per heavy atom. The van der Waals surface area contributed by atoms with Crippen LogP contribution >= 0.6 is 0 Å². The van der Waals surface area contributed by atoms with E-state index in [0.717, 1.165) is 29.7 Å². The molecule has 4 rings (SSSR count). The smallest absolute Gasteiger partial charge is 0.333 e. The molecule has 0 spiro atoms. The molecule has 0 amide bonds. The molecule has 3 aliphatic rings. The lowest BCUT2D eigenvalue weighted by Crippen LogP contribution is -2.51. The van der Waals surface area contributed by atoms with Gasteiger partial charge in [-0.2, -0.15) is 0 Å². The Hall–Kier alpha value is -2.04. The maximum absolute atomic E-state index is 12.8. The highest BCUT2D eigenvalue weighted by Gasteiger charge is 2.66. The first kappa shape index (κ1) is 16.4. The molecule has 5 unspecified atom stereocenters. The van der Waals surface area contributed by atoms with Crippen LogP contribution in [0.15, 0.2) is 22.3 Å². The van der Waals surface area contributed by atoms with Gasteiger partial charge in [0.15, 0.2) is 0 Å². The Labute approximate surface area is 147 Å². The summed E-state index contributed by atoms with van der Waals surface area (Å²) >= 11 is 0. The van der Waals surface area contributed by atoms with E-state index in [-0.39, 0.29) is 23.5 Å². The van der Waals surface area contributed by atoms with E-state index in [1.165, 1.54) is 0 Å². The highest BCUT2D eigenvalue weighted by atomic mass is 16.6. The molecule has 2 fully saturated rings. The van der Waals surface area contributed by atoms with Crippen molar-refractivity contribution in [2.75, 3.05) is 0 Å². The lowest BCUT2D eigenvalue weighted by molar-refractivity contribution is -0.159. The molecule has 2 heterocycles. The number of furan rings is 1. The zero-order valence-electron chi connectivity index (χ0n) is 15.1. The first-order chi connectivity index (χ1) is 11.9. The number of aryl methyl sites for hydroxylation is 1. The van der Waals surface area contributed by atoms with Crippen molar-refractivity contribution >= 4 is 11.9 Å². The van der Waals surface area contributed by atoms with Crippen LogP contribution in [0.5, 0.6) is 0 Å². The van der Waals surface area contributed by atoms with Crippen LogP contribution in [-0.4, -0.2) is 18.0 Å². The van der Waals surface area contributed by atoms with Gasteiger partial charge in [-0.15, -0.1) is 0 Å². The van der Waals surface area contributed by atoms with E-state index in [2.05, 4.69) is 6.92 Å². The van der Waals surface area contributed by atoms with E-state index in [0.29, 0.717) is 17.9 Å². The van der Waals surface area contributed by atoms with E-state index in [4.69, 9.17) is 13.9 Å². The number of esters is 2. The van der Waals surface area contributed by atoms with E-state index >= 15 is 0 Å². The fraction of sp³-hybridized carbons (Fsp3) is 0.600. The second-order valence-corrected chi connectivity index (χ2v) is 7.81. The summed E-state index contributed by atoms with van der Waals surface area (Å²) in [7, 11) is 0. The van der Waals surface area contributed by atoms with Gasteiger partial charge in [0.1, 0.15) is 23.9 Å². The van der Waals surface area contributed by atoms with Gasteiger partial charge in [-0.05, 0) is 45.1 Å². The van der Waals surface area contributed by atoms with Crippen molar-refractivity contribution in [2.24, 2.45) is 17.3 Å². The number of ether oxygens (including phenoxy) is 2. The molecular formula is C20H24O5. The van der Waals surface area contributed by atoms with Gasteiger partial charge < -0.3 is 13.9 Å². The third-order valence-corrected chi connectivity index (χ3v) is 6.58. The third-order valence-electron chi connectivity index (χ3n) is 6.58. The van der Waals surface area contributed by atoms with Crippen molar-refractivity contribution in [1.82, 2.24) is 0 Å². The molecule has 134 valence electrons. The molecule has 1 aromatic heterocycles. The molecule has 25 heavy (non-hydrogen) atoms. The molecule has 0 N–H and O–H groups in total. The van der Waals surface area contributed by atoms with Gasteiger partial charge in [-0.3, -0.25) is 4.79 Å². The number of rotatable bonds is 2. The predicted octanol–water partition coefficient (Wildman–Crippen LogP) is 3.65. The van der Waals surface area contributed by atoms with Gasteiger partial charge in [0.05, 0.1) is 6.26 Å². The van der Waals surface area contributed by atoms with Crippen LogP contribution in [0.4, 0.5) is 0 Å². The lowest BCUT2D eigenvalue weighted by atomic mass is 9.54. The van der Waals surface area contributed by atoms with Crippen LogP contribution < -0.4 is 0 Å². The SMILES string of the molecule is CC=C(C)C(=O)OC1CCC2Cc3occ(C)c3C3OC(=O)C1C23C. The van der Waals surface area contributed by atoms with Crippen molar-refractivity contribution in [2.45, 2.75) is 59.2 Å². The van der Waals surface area contributed by atoms with Gasteiger partial charge in [0.2, 0.25) is 0 Å². The minimum absolute atomic E-state index is 0.249. The summed E-state index contributed by atoms with van der Waals surface area (Å²) in [6.07, 6.45) is 5.15. The summed E-state index contributed by atoms with van der Waals surface area (Å²) in [5.41, 5.74) is 2.25. The summed E-state index contributed by atoms with van der Waals surface area (Å²) < 4.78 is 17.3. The number of hydrogen-bond donors (Lipinski definition) is 0. The van der Waals surface area contributed by atoms with Crippen LogP contribution in [0.2, 0.25) is 0 Å². The van der Waals surface area contributed by atoms with Crippen LogP contribution in [0, 0.1) is 24.2 Å². The molecule has 1 saturated heterocycles. The van der Waals surface area contributed by atoms with Gasteiger partial charge in [-0.1, -0.05) is 13.0 Å². The van der Waals surface area contributed by atoms with E-state index in [1.54, 1.807) is 26.2 Å². The van der Waals surface area contributed by atoms with E-state index in [1.807, 2.05) is 6.92 Å². The standard InChI is InChI=1S/C20H24O5/c1-5-10(2)18(21)24-13-7-6-12-8-14-15(11(3)9-23-14)17-20(12,4)16(13)19(22)25-17/h5,9,12-13,16-17H,6-8H2,1-4H3. The highest BCUT2D eigenvalue weighted by Crippen LogP contribution is 2.63. The van der Waals surface area contributed by atoms with Gasteiger partial charge >= 0.3 is 11.9 Å². The zero-order chi connectivity index (χ0) is 17.9. The first-order valence-electron chi connectivity index (χ1n) is 8.99. The molecule has 5 heteroatoms. The van der Waals surface area contributed by atoms with Gasteiger partial charge in [0.25, 0.3) is 0 Å². The van der Waals surface area contributed by atoms with E-state index < -0.39 is 12.0 Å². The minimum atomic E-state index is -0.421. The Balaban J connectivity index is 1.71. The van der Waals surface area contributed by atoms with Crippen molar-refractivity contribution in [3.05, 3.63) is 34.8 Å². The summed E-state index contributed by atoms with van der Waals surface area (Å²) in [6.45, 7) is 7.64. The normalized spacial score (nSPS) is 36.5. The first-order valence-corrected chi connectivity index (χ1v) is 8.99. The van der Waals surface area contributed by atoms with Crippen LogP contribution in [0.1, 0.15) is 56.6 Å². The van der Waals surface area contributed by atoms with Gasteiger partial charge in [-0.25, -0.2) is 4.79 Å². The molecular weight excluding hydrogens is 320 g/mol. The number of fused-ring (bicyclic) bond motifs is 2. The Morgan fingerprint density at radius 3 is 2.88 bits per heavy atom. The van der Waals surface area contributed by atoms with E-state index in [9.17, 15) is 9.59 Å². The quantitative estimate of drug-likeness (QED) is 0.605. The lowest BCUT2D eigenvalue weighted by Gasteiger charge is -2.48. The summed E-state index contributed by atoms with van der Waals surface area (Å²) in [5, 5.41) is 0.